The number of nitrogen functional groups attached to an aromatic ring is 1. The summed E-state index contributed by atoms with van der Waals surface area (Å²) < 4.78 is 4.91. The van der Waals surface area contributed by atoms with Gasteiger partial charge >= 0.3 is 5.97 Å². The Morgan fingerprint density at radius 2 is 2.00 bits per heavy atom. The van der Waals surface area contributed by atoms with Crippen LogP contribution >= 0.6 is 11.3 Å². The topological polar surface area (TPSA) is 81.4 Å². The van der Waals surface area contributed by atoms with Crippen LogP contribution in [0.2, 0.25) is 0 Å². The van der Waals surface area contributed by atoms with E-state index in [9.17, 15) is 9.59 Å². The number of rotatable bonds is 6. The number of carbonyl (C=O) groups excluding carboxylic acids is 2. The molecule has 2 aromatic rings. The van der Waals surface area contributed by atoms with Crippen molar-refractivity contribution in [1.82, 2.24) is 5.32 Å². The number of ether oxygens (including phenoxy) is 1. The quantitative estimate of drug-likeness (QED) is 0.801. The molecule has 3 N–H and O–H groups in total. The van der Waals surface area contributed by atoms with Gasteiger partial charge in [0, 0.05) is 6.54 Å². The van der Waals surface area contributed by atoms with Gasteiger partial charge in [-0.25, -0.2) is 0 Å². The lowest BCUT2D eigenvalue weighted by Gasteiger charge is -2.07. The fourth-order valence-electron chi connectivity index (χ4n) is 2.03. The molecule has 1 amide bonds. The van der Waals surface area contributed by atoms with Crippen LogP contribution in [0.3, 0.4) is 0 Å². The van der Waals surface area contributed by atoms with E-state index in [2.05, 4.69) is 5.32 Å². The lowest BCUT2D eigenvalue weighted by Crippen LogP contribution is -2.24. The van der Waals surface area contributed by atoms with E-state index >= 15 is 0 Å². The second kappa shape index (κ2) is 7.61. The van der Waals surface area contributed by atoms with Crippen LogP contribution < -0.4 is 11.1 Å². The molecule has 5 nitrogen and oxygen atoms in total. The van der Waals surface area contributed by atoms with Gasteiger partial charge in [0.2, 0.25) is 0 Å². The number of amides is 1. The summed E-state index contributed by atoms with van der Waals surface area (Å²) in [5.41, 5.74) is 7.84. The summed E-state index contributed by atoms with van der Waals surface area (Å²) in [4.78, 5) is 23.9. The van der Waals surface area contributed by atoms with Crippen LogP contribution in [0.25, 0.3) is 0 Å². The Kier molecular flexibility index (Phi) is 5.55. The molecule has 0 atom stereocenters. The number of nitrogens with two attached hydrogens (primary N) is 1. The maximum Gasteiger partial charge on any atom is 0.310 e. The predicted octanol–water partition coefficient (Wildman–Crippen LogP) is 2.37. The highest BCUT2D eigenvalue weighted by atomic mass is 32.1. The van der Waals surface area contributed by atoms with Gasteiger partial charge in [-0.05, 0) is 23.4 Å². The van der Waals surface area contributed by atoms with E-state index in [1.165, 1.54) is 11.3 Å². The van der Waals surface area contributed by atoms with E-state index < -0.39 is 0 Å². The highest BCUT2D eigenvalue weighted by Crippen LogP contribution is 2.26. The summed E-state index contributed by atoms with van der Waals surface area (Å²) >= 11 is 1.25. The Morgan fingerprint density at radius 1 is 1.27 bits per heavy atom. The molecule has 6 heteroatoms. The first-order chi connectivity index (χ1) is 10.6. The predicted molar refractivity (Wildman–Crippen MR) is 86.7 cm³/mol. The van der Waals surface area contributed by atoms with Gasteiger partial charge in [-0.2, -0.15) is 0 Å². The van der Waals surface area contributed by atoms with E-state index in [0.29, 0.717) is 29.3 Å². The number of carbonyl (C=O) groups is 2. The van der Waals surface area contributed by atoms with Gasteiger partial charge in [0.05, 0.1) is 23.6 Å². The van der Waals surface area contributed by atoms with Crippen molar-refractivity contribution < 1.29 is 14.3 Å². The van der Waals surface area contributed by atoms with Crippen molar-refractivity contribution in [3.8, 4) is 0 Å². The Labute approximate surface area is 133 Å². The number of esters is 1. The third-order valence-corrected chi connectivity index (χ3v) is 3.92. The summed E-state index contributed by atoms with van der Waals surface area (Å²) in [6, 6.07) is 9.59. The standard InChI is InChI=1S/C16H18N2O3S/c1-2-21-13(19)8-12-10-22-15(17)14(12)16(20)18-9-11-6-4-3-5-7-11/h3-7,10H,2,8-9,17H2,1H3,(H,18,20). The molecule has 0 unspecified atom stereocenters. The van der Waals surface area contributed by atoms with Crippen molar-refractivity contribution in [3.63, 3.8) is 0 Å². The zero-order chi connectivity index (χ0) is 15.9. The van der Waals surface area contributed by atoms with Gasteiger partial charge in [0.15, 0.2) is 0 Å². The van der Waals surface area contributed by atoms with Gasteiger partial charge in [0.1, 0.15) is 0 Å². The fourth-order valence-corrected chi connectivity index (χ4v) is 2.84. The van der Waals surface area contributed by atoms with Crippen LogP contribution in [0.1, 0.15) is 28.4 Å². The number of hydrogen-bond acceptors (Lipinski definition) is 5. The van der Waals surface area contributed by atoms with Crippen LogP contribution in [0.4, 0.5) is 5.00 Å². The van der Waals surface area contributed by atoms with E-state index in [4.69, 9.17) is 10.5 Å². The molecule has 2 rings (SSSR count). The minimum absolute atomic E-state index is 0.0512. The number of nitrogens with one attached hydrogen (secondary N) is 1. The lowest BCUT2D eigenvalue weighted by atomic mass is 10.1. The van der Waals surface area contributed by atoms with E-state index in [-0.39, 0.29) is 18.3 Å². The molecule has 0 radical (unpaired) electrons. The highest BCUT2D eigenvalue weighted by Gasteiger charge is 2.19. The normalized spacial score (nSPS) is 10.2. The minimum Gasteiger partial charge on any atom is -0.466 e. The van der Waals surface area contributed by atoms with E-state index in [1.807, 2.05) is 30.3 Å². The average molecular weight is 318 g/mol. The fraction of sp³-hybridized carbons (Fsp3) is 0.250. The third kappa shape index (κ3) is 4.08. The number of hydrogen-bond donors (Lipinski definition) is 2. The molecule has 1 heterocycles. The molecule has 0 aliphatic rings. The van der Waals surface area contributed by atoms with Crippen LogP contribution in [0.15, 0.2) is 35.7 Å². The maximum atomic E-state index is 12.3. The van der Waals surface area contributed by atoms with E-state index in [1.54, 1.807) is 12.3 Å². The number of thiophene rings is 1. The van der Waals surface area contributed by atoms with Gasteiger partial charge < -0.3 is 15.8 Å². The third-order valence-electron chi connectivity index (χ3n) is 3.06. The van der Waals surface area contributed by atoms with Gasteiger partial charge in [-0.15, -0.1) is 11.3 Å². The van der Waals surface area contributed by atoms with Crippen molar-refractivity contribution in [2.75, 3.05) is 12.3 Å². The van der Waals surface area contributed by atoms with Crippen molar-refractivity contribution in [2.45, 2.75) is 19.9 Å². The van der Waals surface area contributed by atoms with E-state index in [0.717, 1.165) is 5.56 Å². The molecule has 0 fully saturated rings. The van der Waals surface area contributed by atoms with Gasteiger partial charge in [0.25, 0.3) is 5.91 Å². The van der Waals surface area contributed by atoms with Gasteiger partial charge in [-0.3, -0.25) is 9.59 Å². The molecule has 0 aliphatic heterocycles. The largest absolute Gasteiger partial charge is 0.466 e. The van der Waals surface area contributed by atoms with Crippen molar-refractivity contribution in [3.05, 3.63) is 52.4 Å². The Morgan fingerprint density at radius 3 is 2.68 bits per heavy atom. The molecular weight excluding hydrogens is 300 g/mol. The zero-order valence-electron chi connectivity index (χ0n) is 12.3. The van der Waals surface area contributed by atoms with Crippen molar-refractivity contribution >= 4 is 28.2 Å². The second-order valence-electron chi connectivity index (χ2n) is 4.65. The molecule has 22 heavy (non-hydrogen) atoms. The van der Waals surface area contributed by atoms with Crippen LogP contribution in [0, 0.1) is 0 Å². The minimum atomic E-state index is -0.364. The zero-order valence-corrected chi connectivity index (χ0v) is 13.1. The smallest absolute Gasteiger partial charge is 0.310 e. The molecule has 1 aromatic heterocycles. The summed E-state index contributed by atoms with van der Waals surface area (Å²) in [5.74, 6) is -0.640. The molecule has 0 spiro atoms. The Bertz CT molecular complexity index is 653. The van der Waals surface area contributed by atoms with Gasteiger partial charge in [-0.1, -0.05) is 30.3 Å². The summed E-state index contributed by atoms with van der Waals surface area (Å²) in [6.45, 7) is 2.47. The average Bonchev–Trinajstić information content (AvgIpc) is 2.87. The summed E-state index contributed by atoms with van der Waals surface area (Å²) in [7, 11) is 0. The Hall–Kier alpha value is -2.34. The molecule has 116 valence electrons. The molecule has 0 bridgehead atoms. The first-order valence-electron chi connectivity index (χ1n) is 6.95. The van der Waals surface area contributed by atoms with Crippen molar-refractivity contribution in [1.29, 1.82) is 0 Å². The lowest BCUT2D eigenvalue weighted by molar-refractivity contribution is -0.142. The first kappa shape index (κ1) is 16.0. The highest BCUT2D eigenvalue weighted by molar-refractivity contribution is 7.14. The molecular formula is C16H18N2O3S. The molecule has 0 aliphatic carbocycles. The van der Waals surface area contributed by atoms with Crippen LogP contribution in [-0.2, 0) is 22.5 Å². The first-order valence-corrected chi connectivity index (χ1v) is 7.83. The van der Waals surface area contributed by atoms with Crippen LogP contribution in [-0.4, -0.2) is 18.5 Å². The second-order valence-corrected chi connectivity index (χ2v) is 5.56. The maximum absolute atomic E-state index is 12.3. The monoisotopic (exact) mass is 318 g/mol. The molecule has 1 aromatic carbocycles. The van der Waals surface area contributed by atoms with Crippen LogP contribution in [0.5, 0.6) is 0 Å². The number of benzene rings is 1. The Balaban J connectivity index is 2.05. The summed E-state index contributed by atoms with van der Waals surface area (Å²) in [6.07, 6.45) is 0.0512. The number of anilines is 1. The SMILES string of the molecule is CCOC(=O)Cc1csc(N)c1C(=O)NCc1ccccc1. The summed E-state index contributed by atoms with van der Waals surface area (Å²) in [5, 5.41) is 4.96. The van der Waals surface area contributed by atoms with Crippen molar-refractivity contribution in [2.24, 2.45) is 0 Å². The molecule has 0 saturated heterocycles. The molecule has 0 saturated carbocycles.